The van der Waals surface area contributed by atoms with Crippen LogP contribution in [0.3, 0.4) is 0 Å². The molecule has 152 valence electrons. The highest BCUT2D eigenvalue weighted by atomic mass is 35.5. The molecule has 1 saturated heterocycles. The monoisotopic (exact) mass is 412 g/mol. The quantitative estimate of drug-likeness (QED) is 0.617. The maximum Gasteiger partial charge on any atom is 0.228 e. The van der Waals surface area contributed by atoms with Crippen molar-refractivity contribution >= 4 is 23.4 Å². The lowest BCUT2D eigenvalue weighted by Gasteiger charge is -2.22. The van der Waals surface area contributed by atoms with Gasteiger partial charge >= 0.3 is 0 Å². The number of ether oxygens (including phenoxy) is 1. The van der Waals surface area contributed by atoms with Crippen molar-refractivity contribution in [2.24, 2.45) is 5.92 Å². The molecule has 1 aliphatic rings. The molecule has 0 aromatic heterocycles. The van der Waals surface area contributed by atoms with Gasteiger partial charge in [0.2, 0.25) is 11.8 Å². The maximum absolute atomic E-state index is 12.9. The molecule has 2 amide bonds. The van der Waals surface area contributed by atoms with E-state index in [1.54, 1.807) is 22.9 Å². The highest BCUT2D eigenvalue weighted by Gasteiger charge is 2.35. The second-order valence-corrected chi connectivity index (χ2v) is 7.61. The first kappa shape index (κ1) is 20.9. The molecule has 0 bridgehead atoms. The Balaban J connectivity index is 1.56. The van der Waals surface area contributed by atoms with E-state index in [0.29, 0.717) is 31.3 Å². The molecule has 2 aromatic carbocycles. The van der Waals surface area contributed by atoms with Gasteiger partial charge in [0.15, 0.2) is 0 Å². The minimum Gasteiger partial charge on any atom is -0.490 e. The average Bonchev–Trinajstić information content (AvgIpc) is 3.09. The fourth-order valence-electron chi connectivity index (χ4n) is 3.43. The van der Waals surface area contributed by atoms with Crippen LogP contribution in [0.5, 0.6) is 5.75 Å². The van der Waals surface area contributed by atoms with Crippen molar-refractivity contribution in [3.8, 4) is 5.75 Å². The van der Waals surface area contributed by atoms with Crippen LogP contribution in [0.15, 0.2) is 61.2 Å². The van der Waals surface area contributed by atoms with Crippen LogP contribution in [0.2, 0.25) is 5.02 Å². The van der Waals surface area contributed by atoms with Crippen LogP contribution in [0.25, 0.3) is 0 Å². The van der Waals surface area contributed by atoms with Crippen molar-refractivity contribution < 1.29 is 14.3 Å². The molecule has 0 unspecified atom stereocenters. The molecule has 1 fully saturated rings. The summed E-state index contributed by atoms with van der Waals surface area (Å²) in [7, 11) is 1.77. The molecule has 1 aliphatic heterocycles. The van der Waals surface area contributed by atoms with E-state index in [1.165, 1.54) is 0 Å². The van der Waals surface area contributed by atoms with Crippen LogP contribution in [0.1, 0.15) is 17.5 Å². The van der Waals surface area contributed by atoms with Crippen LogP contribution in [0, 0.1) is 5.92 Å². The van der Waals surface area contributed by atoms with E-state index in [-0.39, 0.29) is 24.2 Å². The van der Waals surface area contributed by atoms with Gasteiger partial charge in [-0.15, -0.1) is 0 Å². The molecule has 0 aliphatic carbocycles. The molecule has 0 radical (unpaired) electrons. The zero-order chi connectivity index (χ0) is 20.8. The first-order valence-corrected chi connectivity index (χ1v) is 9.94. The van der Waals surface area contributed by atoms with Gasteiger partial charge in [-0.05, 0) is 29.3 Å². The van der Waals surface area contributed by atoms with Gasteiger partial charge in [0.05, 0.1) is 5.92 Å². The van der Waals surface area contributed by atoms with Gasteiger partial charge in [0.1, 0.15) is 12.4 Å². The molecule has 2 aromatic rings. The van der Waals surface area contributed by atoms with Crippen LogP contribution in [-0.4, -0.2) is 41.8 Å². The fraction of sp³-hybridized carbons (Fsp3) is 0.304. The molecular formula is C23H25ClN2O3. The summed E-state index contributed by atoms with van der Waals surface area (Å²) in [6, 6.07) is 15.1. The number of amides is 2. The number of carbonyl (C=O) groups is 2. The Kier molecular flexibility index (Phi) is 6.94. The first-order chi connectivity index (χ1) is 14.0. The molecule has 1 heterocycles. The Morgan fingerprint density at radius 3 is 2.69 bits per heavy atom. The number of carbonyl (C=O) groups excluding carboxylic acids is 2. The van der Waals surface area contributed by atoms with E-state index in [4.69, 9.17) is 16.3 Å². The molecule has 3 rings (SSSR count). The smallest absolute Gasteiger partial charge is 0.228 e. The van der Waals surface area contributed by atoms with E-state index >= 15 is 0 Å². The van der Waals surface area contributed by atoms with E-state index in [1.807, 2.05) is 48.5 Å². The summed E-state index contributed by atoms with van der Waals surface area (Å²) < 4.78 is 5.47. The molecule has 1 atom stereocenters. The molecule has 0 N–H and O–H groups in total. The van der Waals surface area contributed by atoms with Crippen LogP contribution in [0.4, 0.5) is 0 Å². The van der Waals surface area contributed by atoms with Crippen molar-refractivity contribution in [2.45, 2.75) is 19.5 Å². The largest absolute Gasteiger partial charge is 0.490 e. The van der Waals surface area contributed by atoms with E-state index < -0.39 is 0 Å². The maximum atomic E-state index is 12.9. The van der Waals surface area contributed by atoms with Gasteiger partial charge in [-0.2, -0.15) is 0 Å². The Hall–Kier alpha value is -2.79. The van der Waals surface area contributed by atoms with Crippen molar-refractivity contribution in [3.05, 3.63) is 77.3 Å². The Morgan fingerprint density at radius 1 is 1.28 bits per heavy atom. The van der Waals surface area contributed by atoms with Crippen molar-refractivity contribution in [3.63, 3.8) is 0 Å². The normalized spacial score (nSPS) is 16.0. The number of halogens is 1. The zero-order valence-corrected chi connectivity index (χ0v) is 17.3. The van der Waals surface area contributed by atoms with Crippen molar-refractivity contribution in [2.75, 3.05) is 20.2 Å². The Morgan fingerprint density at radius 2 is 2.00 bits per heavy atom. The van der Waals surface area contributed by atoms with Crippen LogP contribution in [-0.2, 0) is 22.7 Å². The number of rotatable bonds is 8. The number of nitrogens with zero attached hydrogens (tertiary/aromatic N) is 2. The summed E-state index contributed by atoms with van der Waals surface area (Å²) >= 11 is 6.20. The lowest BCUT2D eigenvalue weighted by Crippen LogP contribution is -2.34. The lowest BCUT2D eigenvalue weighted by atomic mass is 10.1. The standard InChI is InChI=1S/C23H25ClN2O3/c1-3-12-29-20-10-8-17(9-11-20)14-25(2)23(28)19-13-22(27)26(16-19)15-18-6-4-5-7-21(18)24/h3-11,19H,1,12-16H2,2H3/t19-/m0/s1. The summed E-state index contributed by atoms with van der Waals surface area (Å²) in [4.78, 5) is 28.6. The summed E-state index contributed by atoms with van der Waals surface area (Å²) in [6.07, 6.45) is 1.93. The molecule has 29 heavy (non-hydrogen) atoms. The Labute approximate surface area is 176 Å². The third-order valence-electron chi connectivity index (χ3n) is 4.97. The highest BCUT2D eigenvalue weighted by molar-refractivity contribution is 6.31. The Bertz CT molecular complexity index is 882. The van der Waals surface area contributed by atoms with Gasteiger partial charge in [-0.3, -0.25) is 9.59 Å². The second-order valence-electron chi connectivity index (χ2n) is 7.20. The number of likely N-dealkylation sites (tertiary alicyclic amines) is 1. The van der Waals surface area contributed by atoms with Gasteiger partial charge in [-0.25, -0.2) is 0 Å². The fourth-order valence-corrected chi connectivity index (χ4v) is 3.63. The third kappa shape index (κ3) is 5.39. The van der Waals surface area contributed by atoms with E-state index in [9.17, 15) is 9.59 Å². The summed E-state index contributed by atoms with van der Waals surface area (Å²) in [5.74, 6) is 0.400. The average molecular weight is 413 g/mol. The summed E-state index contributed by atoms with van der Waals surface area (Å²) in [6.45, 7) is 5.41. The SMILES string of the molecule is C=CCOc1ccc(CN(C)C(=O)[C@H]2CC(=O)N(Cc3ccccc3Cl)C2)cc1. The minimum absolute atomic E-state index is 0.0135. The predicted octanol–water partition coefficient (Wildman–Crippen LogP) is 3.91. The number of hydrogen-bond acceptors (Lipinski definition) is 3. The van der Waals surface area contributed by atoms with Crippen LogP contribution >= 0.6 is 11.6 Å². The van der Waals surface area contributed by atoms with Crippen molar-refractivity contribution in [1.29, 1.82) is 0 Å². The van der Waals surface area contributed by atoms with Gasteiger partial charge in [0, 0.05) is 38.1 Å². The number of benzene rings is 2. The topological polar surface area (TPSA) is 49.9 Å². The van der Waals surface area contributed by atoms with Gasteiger partial charge in [-0.1, -0.05) is 54.6 Å². The summed E-state index contributed by atoms with van der Waals surface area (Å²) in [5.41, 5.74) is 1.90. The van der Waals surface area contributed by atoms with E-state index in [2.05, 4.69) is 6.58 Å². The van der Waals surface area contributed by atoms with Crippen molar-refractivity contribution in [1.82, 2.24) is 9.80 Å². The first-order valence-electron chi connectivity index (χ1n) is 9.56. The molecule has 5 nitrogen and oxygen atoms in total. The van der Waals surface area contributed by atoms with Gasteiger partial charge < -0.3 is 14.5 Å². The highest BCUT2D eigenvalue weighted by Crippen LogP contribution is 2.25. The predicted molar refractivity (Wildman–Crippen MR) is 114 cm³/mol. The molecular weight excluding hydrogens is 388 g/mol. The van der Waals surface area contributed by atoms with Crippen LogP contribution < -0.4 is 4.74 Å². The molecule has 0 spiro atoms. The second kappa shape index (κ2) is 9.61. The lowest BCUT2D eigenvalue weighted by molar-refractivity contribution is -0.135. The molecule has 6 heteroatoms. The third-order valence-corrected chi connectivity index (χ3v) is 5.34. The van der Waals surface area contributed by atoms with E-state index in [0.717, 1.165) is 16.9 Å². The summed E-state index contributed by atoms with van der Waals surface area (Å²) in [5, 5.41) is 0.632. The van der Waals surface area contributed by atoms with Gasteiger partial charge in [0.25, 0.3) is 0 Å². The zero-order valence-electron chi connectivity index (χ0n) is 16.5. The number of hydrogen-bond donors (Lipinski definition) is 0. The minimum atomic E-state index is -0.329. The molecule has 0 saturated carbocycles.